The average molecular weight is 807 g/mol. The molecule has 0 aromatic carbocycles. The number of rotatable bonds is 44. The number of ether oxygens (including phenoxy) is 4. The molecule has 0 aliphatic rings. The van der Waals surface area contributed by atoms with E-state index < -0.39 is 0 Å². The van der Waals surface area contributed by atoms with Crippen LogP contribution < -0.4 is 5.32 Å². The average Bonchev–Trinajstić information content (AvgIpc) is 3.20. The molecule has 0 saturated heterocycles. The molecule has 1 amide bonds. The molecule has 0 aliphatic heterocycles. The van der Waals surface area contributed by atoms with Crippen LogP contribution in [0.4, 0.5) is 0 Å². The van der Waals surface area contributed by atoms with Crippen LogP contribution in [-0.4, -0.2) is 81.6 Å². The zero-order valence-corrected chi connectivity index (χ0v) is 37.6. The van der Waals surface area contributed by atoms with E-state index in [0.29, 0.717) is 52.2 Å². The van der Waals surface area contributed by atoms with Crippen molar-refractivity contribution in [1.82, 2.24) is 10.2 Å². The monoisotopic (exact) mass is 807 g/mol. The van der Waals surface area contributed by atoms with Crippen LogP contribution in [0.2, 0.25) is 0 Å². The van der Waals surface area contributed by atoms with E-state index in [2.05, 4.69) is 55.3 Å². The molecule has 0 bridgehead atoms. The minimum Gasteiger partial charge on any atom is -0.466 e. The van der Waals surface area contributed by atoms with Crippen molar-refractivity contribution in [3.05, 3.63) is 24.3 Å². The SMILES string of the molecule is CC/C=C\CCCCOC(CCC(=O)OCCCCCCN(CCCCCCCC(=O)OCCCCCCCCC)CCCNC(C)=O)OCCCC/C=C\CC. The fourth-order valence-electron chi connectivity index (χ4n) is 6.58. The van der Waals surface area contributed by atoms with Gasteiger partial charge in [-0.05, 0) is 110 Å². The first kappa shape index (κ1) is 54.8. The zero-order chi connectivity index (χ0) is 41.7. The van der Waals surface area contributed by atoms with Crippen molar-refractivity contribution in [2.75, 3.05) is 52.6 Å². The number of nitrogens with one attached hydrogen (secondary N) is 1. The van der Waals surface area contributed by atoms with E-state index in [0.717, 1.165) is 148 Å². The molecule has 0 rings (SSSR count). The van der Waals surface area contributed by atoms with Crippen molar-refractivity contribution >= 4 is 17.8 Å². The van der Waals surface area contributed by atoms with Gasteiger partial charge in [0.25, 0.3) is 0 Å². The maximum Gasteiger partial charge on any atom is 0.305 e. The third-order valence-corrected chi connectivity index (χ3v) is 10.0. The van der Waals surface area contributed by atoms with E-state index in [1.165, 1.54) is 32.1 Å². The molecule has 0 radical (unpaired) electrons. The van der Waals surface area contributed by atoms with E-state index in [4.69, 9.17) is 18.9 Å². The smallest absolute Gasteiger partial charge is 0.305 e. The summed E-state index contributed by atoms with van der Waals surface area (Å²) in [5, 5.41) is 2.92. The van der Waals surface area contributed by atoms with Gasteiger partial charge in [-0.1, -0.05) is 116 Å². The van der Waals surface area contributed by atoms with Gasteiger partial charge in [0, 0.05) is 39.5 Å². The Morgan fingerprint density at radius 3 is 1.49 bits per heavy atom. The number of nitrogens with zero attached hydrogens (tertiary/aromatic N) is 1. The number of carbonyl (C=O) groups excluding carboxylic acids is 3. The van der Waals surface area contributed by atoms with Gasteiger partial charge in [-0.2, -0.15) is 0 Å². The Morgan fingerprint density at radius 1 is 0.509 bits per heavy atom. The van der Waals surface area contributed by atoms with Crippen molar-refractivity contribution in [1.29, 1.82) is 0 Å². The fourth-order valence-corrected chi connectivity index (χ4v) is 6.58. The summed E-state index contributed by atoms with van der Waals surface area (Å²) in [6.45, 7) is 14.2. The number of unbranched alkanes of at least 4 members (excludes halogenated alkanes) is 17. The molecule has 0 fully saturated rings. The Bertz CT molecular complexity index is 933. The lowest BCUT2D eigenvalue weighted by molar-refractivity contribution is -0.159. The number of carbonyl (C=O) groups is 3. The number of allylic oxidation sites excluding steroid dienone is 4. The Labute approximate surface area is 351 Å². The molecular weight excluding hydrogens is 717 g/mol. The zero-order valence-electron chi connectivity index (χ0n) is 37.6. The lowest BCUT2D eigenvalue weighted by Gasteiger charge is -2.22. The van der Waals surface area contributed by atoms with Gasteiger partial charge in [0.05, 0.1) is 19.6 Å². The van der Waals surface area contributed by atoms with E-state index in [1.807, 2.05) is 0 Å². The molecule has 0 aromatic heterocycles. The highest BCUT2D eigenvalue weighted by atomic mass is 16.7. The highest BCUT2D eigenvalue weighted by molar-refractivity contribution is 5.72. The minimum atomic E-state index is -0.365. The lowest BCUT2D eigenvalue weighted by Crippen LogP contribution is -2.30. The second kappa shape index (κ2) is 44.9. The van der Waals surface area contributed by atoms with Gasteiger partial charge in [0.1, 0.15) is 0 Å². The number of amides is 1. The first-order valence-electron chi connectivity index (χ1n) is 23.7. The van der Waals surface area contributed by atoms with E-state index in [1.54, 1.807) is 6.92 Å². The summed E-state index contributed by atoms with van der Waals surface area (Å²) in [5.74, 6) is -0.197. The predicted molar refractivity (Wildman–Crippen MR) is 237 cm³/mol. The van der Waals surface area contributed by atoms with Crippen LogP contribution in [-0.2, 0) is 33.3 Å². The molecule has 0 unspecified atom stereocenters. The molecule has 0 saturated carbocycles. The third-order valence-electron chi connectivity index (χ3n) is 10.0. The van der Waals surface area contributed by atoms with Crippen LogP contribution in [0.5, 0.6) is 0 Å². The summed E-state index contributed by atoms with van der Waals surface area (Å²) in [4.78, 5) is 38.5. The standard InChI is InChI=1S/C48H90N2O7/c1-5-8-11-14-17-24-29-41-54-46(52)34-26-19-18-20-27-38-50(40-33-37-49-45(4)51)39-28-21-25-30-42-55-47(53)35-36-48(56-43-31-22-15-12-9-6-2)57-44-32-23-16-13-10-7-3/h9-10,12-13,48H,5-8,11,14-44H2,1-4H3,(H,49,51)/b12-9-,13-10-. The highest BCUT2D eigenvalue weighted by Crippen LogP contribution is 2.13. The van der Waals surface area contributed by atoms with Gasteiger partial charge in [-0.3, -0.25) is 14.4 Å². The van der Waals surface area contributed by atoms with Crippen LogP contribution in [0.3, 0.4) is 0 Å². The van der Waals surface area contributed by atoms with Crippen molar-refractivity contribution in [2.24, 2.45) is 0 Å². The van der Waals surface area contributed by atoms with Gasteiger partial charge < -0.3 is 29.2 Å². The molecule has 57 heavy (non-hydrogen) atoms. The van der Waals surface area contributed by atoms with E-state index in [-0.39, 0.29) is 24.1 Å². The Hall–Kier alpha value is -2.23. The maximum atomic E-state index is 12.5. The molecule has 334 valence electrons. The summed E-state index contributed by atoms with van der Waals surface area (Å²) in [5.41, 5.74) is 0. The number of hydrogen-bond acceptors (Lipinski definition) is 8. The molecule has 0 aromatic rings. The molecule has 9 heteroatoms. The van der Waals surface area contributed by atoms with Gasteiger partial charge in [0.15, 0.2) is 6.29 Å². The Balaban J connectivity index is 4.26. The third kappa shape index (κ3) is 43.2. The van der Waals surface area contributed by atoms with Gasteiger partial charge in [-0.15, -0.1) is 0 Å². The summed E-state index contributed by atoms with van der Waals surface area (Å²) in [6.07, 6.45) is 37.4. The quantitative estimate of drug-likeness (QED) is 0.0281. The molecular formula is C48H90N2O7. The normalized spacial score (nSPS) is 11.8. The van der Waals surface area contributed by atoms with E-state index in [9.17, 15) is 14.4 Å². The summed E-state index contributed by atoms with van der Waals surface area (Å²) in [6, 6.07) is 0. The van der Waals surface area contributed by atoms with Crippen molar-refractivity contribution in [3.63, 3.8) is 0 Å². The molecule has 0 spiro atoms. The molecule has 1 N–H and O–H groups in total. The van der Waals surface area contributed by atoms with Gasteiger partial charge in [0.2, 0.25) is 5.91 Å². The van der Waals surface area contributed by atoms with Crippen LogP contribution in [0, 0.1) is 0 Å². The number of hydrogen-bond donors (Lipinski definition) is 1. The first-order chi connectivity index (χ1) is 27.9. The van der Waals surface area contributed by atoms with Crippen LogP contribution >= 0.6 is 0 Å². The topological polar surface area (TPSA) is 103 Å². The van der Waals surface area contributed by atoms with Crippen LogP contribution in [0.15, 0.2) is 24.3 Å². The largest absolute Gasteiger partial charge is 0.466 e. The lowest BCUT2D eigenvalue weighted by atomic mass is 10.1. The second-order valence-electron chi connectivity index (χ2n) is 15.6. The van der Waals surface area contributed by atoms with Crippen molar-refractivity contribution in [3.8, 4) is 0 Å². The highest BCUT2D eigenvalue weighted by Gasteiger charge is 2.14. The van der Waals surface area contributed by atoms with Gasteiger partial charge in [-0.25, -0.2) is 0 Å². The first-order valence-corrected chi connectivity index (χ1v) is 23.7. The molecule has 9 nitrogen and oxygen atoms in total. The van der Waals surface area contributed by atoms with Crippen LogP contribution in [0.25, 0.3) is 0 Å². The maximum absolute atomic E-state index is 12.5. The fraction of sp³-hybridized carbons (Fsp3) is 0.854. The predicted octanol–water partition coefficient (Wildman–Crippen LogP) is 12.0. The van der Waals surface area contributed by atoms with Crippen LogP contribution in [0.1, 0.15) is 207 Å². The summed E-state index contributed by atoms with van der Waals surface area (Å²) in [7, 11) is 0. The summed E-state index contributed by atoms with van der Waals surface area (Å²) < 4.78 is 23.1. The second-order valence-corrected chi connectivity index (χ2v) is 15.6. The number of esters is 2. The molecule has 0 atom stereocenters. The minimum absolute atomic E-state index is 0.0218. The van der Waals surface area contributed by atoms with E-state index >= 15 is 0 Å². The van der Waals surface area contributed by atoms with Crippen molar-refractivity contribution in [2.45, 2.75) is 214 Å². The van der Waals surface area contributed by atoms with Gasteiger partial charge >= 0.3 is 11.9 Å². The molecule has 0 aliphatic carbocycles. The Morgan fingerprint density at radius 2 is 0.965 bits per heavy atom. The Kier molecular flexibility index (Phi) is 43.1. The molecule has 0 heterocycles. The summed E-state index contributed by atoms with van der Waals surface area (Å²) >= 11 is 0. The van der Waals surface area contributed by atoms with Crippen molar-refractivity contribution < 1.29 is 33.3 Å².